The predicted molar refractivity (Wildman–Crippen MR) is 102 cm³/mol. The third kappa shape index (κ3) is 4.32. The van der Waals surface area contributed by atoms with E-state index in [4.69, 9.17) is 0 Å². The molecule has 0 radical (unpaired) electrons. The van der Waals surface area contributed by atoms with Gasteiger partial charge < -0.3 is 10.6 Å². The summed E-state index contributed by atoms with van der Waals surface area (Å²) in [4.78, 5) is 4.51. The Morgan fingerprint density at radius 3 is 2.24 bits per heavy atom. The van der Waals surface area contributed by atoms with Gasteiger partial charge in [-0.2, -0.15) is 10.1 Å². The van der Waals surface area contributed by atoms with E-state index in [0.717, 1.165) is 5.69 Å². The van der Waals surface area contributed by atoms with Crippen molar-refractivity contribution in [3.05, 3.63) is 70.4 Å². The molecule has 5 heteroatoms. The molecular weight excluding hydrogens is 310 g/mol. The maximum Gasteiger partial charge on any atom is 0.244 e. The molecule has 0 aliphatic heterocycles. The third-order valence-corrected chi connectivity index (χ3v) is 4.06. The lowest BCUT2D eigenvalue weighted by Gasteiger charge is -2.13. The quantitative estimate of drug-likeness (QED) is 0.722. The van der Waals surface area contributed by atoms with Crippen LogP contribution < -0.4 is 10.6 Å². The van der Waals surface area contributed by atoms with Crippen LogP contribution in [0.1, 0.15) is 27.8 Å². The van der Waals surface area contributed by atoms with Crippen molar-refractivity contribution in [3.63, 3.8) is 0 Å². The molecule has 0 unspecified atom stereocenters. The van der Waals surface area contributed by atoms with Gasteiger partial charge in [0.05, 0.1) is 6.20 Å². The Labute approximate surface area is 148 Å². The van der Waals surface area contributed by atoms with Crippen molar-refractivity contribution >= 4 is 17.5 Å². The highest BCUT2D eigenvalue weighted by molar-refractivity contribution is 5.65. The molecule has 0 amide bonds. The number of nitrogens with one attached hydrogen (secondary N) is 2. The van der Waals surface area contributed by atoms with Gasteiger partial charge in [0.2, 0.25) is 5.95 Å². The number of hydrogen-bond donors (Lipinski definition) is 2. The molecule has 0 fully saturated rings. The van der Waals surface area contributed by atoms with Crippen molar-refractivity contribution in [1.82, 2.24) is 15.2 Å². The monoisotopic (exact) mass is 333 g/mol. The van der Waals surface area contributed by atoms with Gasteiger partial charge in [-0.25, -0.2) is 0 Å². The molecule has 0 bridgehead atoms. The van der Waals surface area contributed by atoms with E-state index < -0.39 is 0 Å². The molecule has 0 saturated heterocycles. The zero-order valence-electron chi connectivity index (χ0n) is 15.1. The maximum atomic E-state index is 4.51. The average molecular weight is 333 g/mol. The lowest BCUT2D eigenvalue weighted by Crippen LogP contribution is -2.07. The first-order valence-corrected chi connectivity index (χ1v) is 8.35. The van der Waals surface area contributed by atoms with Crippen LogP contribution in [-0.2, 0) is 6.54 Å². The van der Waals surface area contributed by atoms with E-state index in [1.807, 2.05) is 0 Å². The molecular formula is C20H23N5. The van der Waals surface area contributed by atoms with Crippen LogP contribution >= 0.6 is 0 Å². The number of aromatic nitrogens is 3. The lowest BCUT2D eigenvalue weighted by molar-refractivity contribution is 0.948. The largest absolute Gasteiger partial charge is 0.349 e. The summed E-state index contributed by atoms with van der Waals surface area (Å²) in [6.07, 6.45) is 1.63. The minimum atomic E-state index is 0.507. The first-order chi connectivity index (χ1) is 12.0. The van der Waals surface area contributed by atoms with Crippen molar-refractivity contribution in [2.45, 2.75) is 34.2 Å². The van der Waals surface area contributed by atoms with Gasteiger partial charge in [-0.1, -0.05) is 47.5 Å². The van der Waals surface area contributed by atoms with Crippen LogP contribution in [0, 0.1) is 27.7 Å². The van der Waals surface area contributed by atoms with Crippen LogP contribution in [0.25, 0.3) is 0 Å². The van der Waals surface area contributed by atoms with Crippen molar-refractivity contribution in [2.24, 2.45) is 0 Å². The summed E-state index contributed by atoms with van der Waals surface area (Å²) >= 11 is 0. The van der Waals surface area contributed by atoms with Gasteiger partial charge in [0.1, 0.15) is 0 Å². The van der Waals surface area contributed by atoms with Crippen molar-refractivity contribution in [1.29, 1.82) is 0 Å². The van der Waals surface area contributed by atoms with Gasteiger partial charge in [-0.15, -0.1) is 5.10 Å². The summed E-state index contributed by atoms with van der Waals surface area (Å²) < 4.78 is 0. The Kier molecular flexibility index (Phi) is 4.93. The van der Waals surface area contributed by atoms with Crippen LogP contribution in [0.15, 0.2) is 42.6 Å². The second kappa shape index (κ2) is 7.30. The highest BCUT2D eigenvalue weighted by Gasteiger charge is 2.07. The van der Waals surface area contributed by atoms with E-state index in [9.17, 15) is 0 Å². The molecule has 3 rings (SSSR count). The van der Waals surface area contributed by atoms with Crippen LogP contribution in [0.2, 0.25) is 0 Å². The van der Waals surface area contributed by atoms with E-state index >= 15 is 0 Å². The molecule has 2 aromatic carbocycles. The SMILES string of the molecule is Cc1ccc(CNc2nncc(Nc3c(C)cc(C)cc3C)n2)cc1. The van der Waals surface area contributed by atoms with E-state index in [0.29, 0.717) is 18.3 Å². The molecule has 0 saturated carbocycles. The zero-order chi connectivity index (χ0) is 17.8. The Hall–Kier alpha value is -2.95. The smallest absolute Gasteiger partial charge is 0.244 e. The normalized spacial score (nSPS) is 10.6. The van der Waals surface area contributed by atoms with Crippen LogP contribution in [0.3, 0.4) is 0 Å². The lowest BCUT2D eigenvalue weighted by atomic mass is 10.1. The molecule has 1 heterocycles. The highest BCUT2D eigenvalue weighted by Crippen LogP contribution is 2.25. The minimum Gasteiger partial charge on any atom is -0.349 e. The Morgan fingerprint density at radius 2 is 1.56 bits per heavy atom. The van der Waals surface area contributed by atoms with Gasteiger partial charge in [0.15, 0.2) is 5.82 Å². The van der Waals surface area contributed by atoms with Crippen LogP contribution in [0.4, 0.5) is 17.5 Å². The number of rotatable bonds is 5. The molecule has 0 aliphatic rings. The molecule has 0 atom stereocenters. The minimum absolute atomic E-state index is 0.507. The second-order valence-electron chi connectivity index (χ2n) is 6.40. The van der Waals surface area contributed by atoms with Gasteiger partial charge in [0.25, 0.3) is 0 Å². The van der Waals surface area contributed by atoms with E-state index in [1.165, 1.54) is 27.8 Å². The summed E-state index contributed by atoms with van der Waals surface area (Å²) in [7, 11) is 0. The van der Waals surface area contributed by atoms with Gasteiger partial charge in [-0.05, 0) is 44.4 Å². The highest BCUT2D eigenvalue weighted by atomic mass is 15.3. The summed E-state index contributed by atoms with van der Waals surface area (Å²) in [5, 5.41) is 14.7. The molecule has 25 heavy (non-hydrogen) atoms. The topological polar surface area (TPSA) is 62.7 Å². The fraction of sp³-hybridized carbons (Fsp3) is 0.250. The molecule has 3 aromatic rings. The van der Waals surface area contributed by atoms with Gasteiger partial charge >= 0.3 is 0 Å². The number of aryl methyl sites for hydroxylation is 4. The Bertz CT molecular complexity index is 849. The Balaban J connectivity index is 1.72. The first-order valence-electron chi connectivity index (χ1n) is 8.35. The fourth-order valence-electron chi connectivity index (χ4n) is 2.83. The summed E-state index contributed by atoms with van der Waals surface area (Å²) in [5.74, 6) is 1.18. The van der Waals surface area contributed by atoms with E-state index in [-0.39, 0.29) is 0 Å². The molecule has 1 aromatic heterocycles. The summed E-state index contributed by atoms with van der Waals surface area (Å²) in [5.41, 5.74) is 7.11. The van der Waals surface area contributed by atoms with Crippen molar-refractivity contribution in [2.75, 3.05) is 10.6 Å². The van der Waals surface area contributed by atoms with Crippen LogP contribution in [0.5, 0.6) is 0 Å². The standard InChI is InChI=1S/C20H23N5/c1-13-5-7-17(8-6-13)11-21-20-24-18(12-22-25-20)23-19-15(3)9-14(2)10-16(19)4/h5-10,12H,11H2,1-4H3,(H2,21,23,24,25). The number of anilines is 3. The fourth-order valence-corrected chi connectivity index (χ4v) is 2.83. The molecule has 2 N–H and O–H groups in total. The van der Waals surface area contributed by atoms with Crippen LogP contribution in [-0.4, -0.2) is 15.2 Å². The van der Waals surface area contributed by atoms with Crippen molar-refractivity contribution < 1.29 is 0 Å². The van der Waals surface area contributed by atoms with E-state index in [2.05, 4.69) is 89.9 Å². The van der Waals surface area contributed by atoms with Gasteiger partial charge in [0, 0.05) is 12.2 Å². The predicted octanol–water partition coefficient (Wildman–Crippen LogP) is 4.46. The molecule has 0 aliphatic carbocycles. The average Bonchev–Trinajstić information content (AvgIpc) is 2.58. The maximum absolute atomic E-state index is 4.51. The second-order valence-corrected chi connectivity index (χ2v) is 6.40. The van der Waals surface area contributed by atoms with Gasteiger partial charge in [-0.3, -0.25) is 0 Å². The Morgan fingerprint density at radius 1 is 0.880 bits per heavy atom. The molecule has 5 nitrogen and oxygen atoms in total. The summed E-state index contributed by atoms with van der Waals surface area (Å²) in [6, 6.07) is 12.7. The molecule has 0 spiro atoms. The number of hydrogen-bond acceptors (Lipinski definition) is 5. The number of benzene rings is 2. The summed E-state index contributed by atoms with van der Waals surface area (Å²) in [6.45, 7) is 9.02. The van der Waals surface area contributed by atoms with E-state index in [1.54, 1.807) is 6.20 Å². The number of nitrogens with zero attached hydrogens (tertiary/aromatic N) is 3. The first kappa shape index (κ1) is 16.9. The molecule has 128 valence electrons. The third-order valence-electron chi connectivity index (χ3n) is 4.06. The van der Waals surface area contributed by atoms with Crippen molar-refractivity contribution in [3.8, 4) is 0 Å². The zero-order valence-corrected chi connectivity index (χ0v) is 15.1.